The summed E-state index contributed by atoms with van der Waals surface area (Å²) < 4.78 is 5.38. The van der Waals surface area contributed by atoms with Gasteiger partial charge in [-0.05, 0) is 38.3 Å². The van der Waals surface area contributed by atoms with Crippen LogP contribution in [0.5, 0.6) is 0 Å². The van der Waals surface area contributed by atoms with E-state index in [1.807, 2.05) is 4.90 Å². The van der Waals surface area contributed by atoms with E-state index in [1.165, 1.54) is 0 Å². The van der Waals surface area contributed by atoms with E-state index in [0.717, 1.165) is 47.1 Å². The number of piperidine rings is 1. The van der Waals surface area contributed by atoms with E-state index in [2.05, 4.69) is 41.9 Å². The molecule has 4 rings (SSSR count). The highest BCUT2D eigenvalue weighted by molar-refractivity contribution is 5.97. The van der Waals surface area contributed by atoms with Crippen molar-refractivity contribution in [2.45, 2.75) is 26.7 Å². The number of nitrogens with zero attached hydrogens (tertiary/aromatic N) is 4. The van der Waals surface area contributed by atoms with Crippen molar-refractivity contribution in [3.05, 3.63) is 35.0 Å². The topological polar surface area (TPSA) is 69.5 Å². The van der Waals surface area contributed by atoms with Gasteiger partial charge in [0.05, 0.1) is 35.9 Å². The number of fused-ring (bicyclic) bond motifs is 1. The number of hydrogen-bond donors (Lipinski definition) is 0. The van der Waals surface area contributed by atoms with Crippen molar-refractivity contribution in [2.75, 3.05) is 44.3 Å². The van der Waals surface area contributed by atoms with Gasteiger partial charge in [-0.1, -0.05) is 11.6 Å². The Labute approximate surface area is 165 Å². The maximum Gasteiger partial charge on any atom is 0.227 e. The van der Waals surface area contributed by atoms with Gasteiger partial charge in [0.1, 0.15) is 6.07 Å². The minimum Gasteiger partial charge on any atom is -0.378 e. The first-order valence-corrected chi connectivity index (χ1v) is 10.00. The van der Waals surface area contributed by atoms with E-state index in [9.17, 15) is 10.1 Å². The first-order chi connectivity index (χ1) is 13.6. The molecule has 146 valence electrons. The van der Waals surface area contributed by atoms with Crippen molar-refractivity contribution in [3.8, 4) is 6.07 Å². The van der Waals surface area contributed by atoms with Crippen molar-refractivity contribution >= 4 is 22.5 Å². The Morgan fingerprint density at radius 3 is 2.79 bits per heavy atom. The number of hydrogen-bond acceptors (Lipinski definition) is 5. The Balaban J connectivity index is 1.69. The smallest absolute Gasteiger partial charge is 0.227 e. The van der Waals surface area contributed by atoms with Gasteiger partial charge in [-0.15, -0.1) is 0 Å². The van der Waals surface area contributed by atoms with Crippen LogP contribution in [0.2, 0.25) is 0 Å². The molecule has 0 bridgehead atoms. The van der Waals surface area contributed by atoms with Crippen LogP contribution in [0.15, 0.2) is 18.3 Å². The Bertz CT molecular complexity index is 944. The summed E-state index contributed by atoms with van der Waals surface area (Å²) in [5.41, 5.74) is 4.71. The van der Waals surface area contributed by atoms with E-state index in [4.69, 9.17) is 4.74 Å². The summed E-state index contributed by atoms with van der Waals surface area (Å²) in [5, 5.41) is 10.7. The average Bonchev–Trinajstić information content (AvgIpc) is 2.73. The maximum atomic E-state index is 13.0. The number of nitriles is 1. The van der Waals surface area contributed by atoms with Gasteiger partial charge in [-0.2, -0.15) is 5.26 Å². The molecule has 3 heterocycles. The predicted molar refractivity (Wildman–Crippen MR) is 108 cm³/mol. The zero-order valence-corrected chi connectivity index (χ0v) is 16.6. The van der Waals surface area contributed by atoms with Gasteiger partial charge in [0.15, 0.2) is 0 Å². The van der Waals surface area contributed by atoms with E-state index in [0.29, 0.717) is 38.4 Å². The fourth-order valence-corrected chi connectivity index (χ4v) is 4.49. The van der Waals surface area contributed by atoms with Gasteiger partial charge < -0.3 is 14.5 Å². The molecule has 1 aromatic carbocycles. The van der Waals surface area contributed by atoms with Crippen LogP contribution in [-0.4, -0.2) is 55.2 Å². The number of ether oxygens (including phenoxy) is 1. The first-order valence-electron chi connectivity index (χ1n) is 10.00. The van der Waals surface area contributed by atoms with Crippen molar-refractivity contribution in [2.24, 2.45) is 5.92 Å². The third-order valence-electron chi connectivity index (χ3n) is 5.81. The summed E-state index contributed by atoms with van der Waals surface area (Å²) in [6, 6.07) is 6.54. The average molecular weight is 378 g/mol. The van der Waals surface area contributed by atoms with Gasteiger partial charge in [-0.3, -0.25) is 9.78 Å². The Morgan fingerprint density at radius 1 is 1.25 bits per heavy atom. The molecule has 2 aliphatic rings. The molecule has 1 atom stereocenters. The SMILES string of the molecule is Cc1cc(C)c2ncc(C#N)c(N3CCCC(C(=O)N4CCOCC4)C3)c2c1. The third-order valence-corrected chi connectivity index (χ3v) is 5.81. The van der Waals surface area contributed by atoms with Crippen LogP contribution in [-0.2, 0) is 9.53 Å². The van der Waals surface area contributed by atoms with Crippen LogP contribution in [0.1, 0.15) is 29.5 Å². The minimum absolute atomic E-state index is 0.0347. The fraction of sp³-hybridized carbons (Fsp3) is 0.500. The Morgan fingerprint density at radius 2 is 2.04 bits per heavy atom. The van der Waals surface area contributed by atoms with Gasteiger partial charge in [0, 0.05) is 37.8 Å². The molecule has 2 aliphatic heterocycles. The molecule has 0 saturated carbocycles. The zero-order valence-electron chi connectivity index (χ0n) is 16.6. The summed E-state index contributed by atoms with van der Waals surface area (Å²) in [6.45, 7) is 8.22. The Hall–Kier alpha value is -2.65. The summed E-state index contributed by atoms with van der Waals surface area (Å²) in [5.74, 6) is 0.185. The lowest BCUT2D eigenvalue weighted by Crippen LogP contribution is -2.48. The molecule has 6 nitrogen and oxygen atoms in total. The summed E-state index contributed by atoms with van der Waals surface area (Å²) >= 11 is 0. The standard InChI is InChI=1S/C22H26N4O2/c1-15-10-16(2)20-19(11-15)21(18(12-23)13-24-20)26-5-3-4-17(14-26)22(27)25-6-8-28-9-7-25/h10-11,13,17H,3-9,14H2,1-2H3. The molecule has 1 unspecified atom stereocenters. The molecule has 28 heavy (non-hydrogen) atoms. The van der Waals surface area contributed by atoms with Gasteiger partial charge in [0.2, 0.25) is 5.91 Å². The second-order valence-corrected chi connectivity index (χ2v) is 7.83. The molecule has 2 aromatic rings. The lowest BCUT2D eigenvalue weighted by molar-refractivity contribution is -0.139. The monoisotopic (exact) mass is 378 g/mol. The van der Waals surface area contributed by atoms with Crippen LogP contribution in [0.25, 0.3) is 10.9 Å². The maximum absolute atomic E-state index is 13.0. The summed E-state index contributed by atoms with van der Waals surface area (Å²) in [7, 11) is 0. The third kappa shape index (κ3) is 3.43. The van der Waals surface area contributed by atoms with Crippen molar-refractivity contribution in [1.82, 2.24) is 9.88 Å². The highest BCUT2D eigenvalue weighted by Crippen LogP contribution is 2.34. The van der Waals surface area contributed by atoms with Crippen LogP contribution in [0.4, 0.5) is 5.69 Å². The van der Waals surface area contributed by atoms with Crippen molar-refractivity contribution < 1.29 is 9.53 Å². The van der Waals surface area contributed by atoms with E-state index in [1.54, 1.807) is 6.20 Å². The molecule has 0 aliphatic carbocycles. The first kappa shape index (κ1) is 18.7. The summed E-state index contributed by atoms with van der Waals surface area (Å²) in [4.78, 5) is 21.7. The molecular formula is C22H26N4O2. The van der Waals surface area contributed by atoms with E-state index >= 15 is 0 Å². The molecular weight excluding hydrogens is 352 g/mol. The molecule has 0 radical (unpaired) electrons. The number of pyridine rings is 1. The molecule has 6 heteroatoms. The molecule has 1 aromatic heterocycles. The van der Waals surface area contributed by atoms with Crippen LogP contribution in [0, 0.1) is 31.1 Å². The number of rotatable bonds is 2. The molecule has 0 spiro atoms. The Kier molecular flexibility index (Phi) is 5.19. The fourth-order valence-electron chi connectivity index (χ4n) is 4.49. The zero-order chi connectivity index (χ0) is 19.7. The van der Waals surface area contributed by atoms with Gasteiger partial charge >= 0.3 is 0 Å². The normalized spacial score (nSPS) is 20.2. The van der Waals surface area contributed by atoms with E-state index in [-0.39, 0.29) is 11.8 Å². The van der Waals surface area contributed by atoms with Gasteiger partial charge in [0.25, 0.3) is 0 Å². The highest BCUT2D eigenvalue weighted by Gasteiger charge is 2.31. The minimum atomic E-state index is -0.0347. The lowest BCUT2D eigenvalue weighted by Gasteiger charge is -2.38. The highest BCUT2D eigenvalue weighted by atomic mass is 16.5. The predicted octanol–water partition coefficient (Wildman–Crippen LogP) is 2.80. The van der Waals surface area contributed by atoms with Crippen LogP contribution >= 0.6 is 0 Å². The van der Waals surface area contributed by atoms with Crippen LogP contribution < -0.4 is 4.90 Å². The quantitative estimate of drug-likeness (QED) is 0.804. The number of morpholine rings is 1. The largest absolute Gasteiger partial charge is 0.378 e. The lowest BCUT2D eigenvalue weighted by atomic mass is 9.94. The van der Waals surface area contributed by atoms with Gasteiger partial charge in [-0.25, -0.2) is 0 Å². The van der Waals surface area contributed by atoms with Crippen molar-refractivity contribution in [1.29, 1.82) is 5.26 Å². The number of carbonyl (C=O) groups excluding carboxylic acids is 1. The second-order valence-electron chi connectivity index (χ2n) is 7.83. The van der Waals surface area contributed by atoms with Crippen molar-refractivity contribution in [3.63, 3.8) is 0 Å². The molecule has 1 amide bonds. The summed E-state index contributed by atoms with van der Waals surface area (Å²) in [6.07, 6.45) is 3.52. The molecule has 2 saturated heterocycles. The number of anilines is 1. The van der Waals surface area contributed by atoms with E-state index < -0.39 is 0 Å². The number of aromatic nitrogens is 1. The number of carbonyl (C=O) groups is 1. The van der Waals surface area contributed by atoms with Crippen LogP contribution in [0.3, 0.4) is 0 Å². The number of benzene rings is 1. The number of amides is 1. The number of aryl methyl sites for hydroxylation is 2. The molecule has 0 N–H and O–H groups in total. The second kappa shape index (κ2) is 7.76. The molecule has 2 fully saturated rings.